The quantitative estimate of drug-likeness (QED) is 0.0501. The molecule has 3 heterocycles. The average Bonchev–Trinajstić information content (AvgIpc) is 3.47. The molecule has 0 saturated carbocycles. The standard InChI is InChI=1S/C44H53N3O12/c1-21-14-13-15-22(2)43(55)46-34-29(20-45-47-28-16-11-10-12-17-28)38(52)31-32(39(34)53)37(51)26(6)41-33(31)42(54)44(8,59-41)57-19-18-30(56-9)23(3)40(58-27(7)48)25(5)36(50)24(4)35(21)49/h10-21,23-25,30,35-36,40,47,49-53H,1-9H3,(H,46,55)/b14-13+,19-18+,22-15-,45-20-/t21-,23+,24+,25+,30-,35-,36+,40+,44-/m0/s1. The Labute approximate surface area is 342 Å². The summed E-state index contributed by atoms with van der Waals surface area (Å²) in [5, 5.41) is 64.4. The lowest BCUT2D eigenvalue weighted by Crippen LogP contribution is -2.46. The number of esters is 1. The van der Waals surface area contributed by atoms with E-state index >= 15 is 0 Å². The molecule has 0 aliphatic carbocycles. The van der Waals surface area contributed by atoms with Crippen molar-refractivity contribution in [3.8, 4) is 23.0 Å². The van der Waals surface area contributed by atoms with E-state index in [1.54, 1.807) is 64.1 Å². The number of aromatic hydroxyl groups is 3. The van der Waals surface area contributed by atoms with Crippen LogP contribution in [-0.2, 0) is 23.8 Å². The smallest absolute Gasteiger partial charge is 0.312 e. The fourth-order valence-corrected chi connectivity index (χ4v) is 7.56. The number of ether oxygens (including phenoxy) is 4. The molecule has 59 heavy (non-hydrogen) atoms. The molecule has 9 atom stereocenters. The number of carbonyl (C=O) groups excluding carboxylic acids is 3. The van der Waals surface area contributed by atoms with Crippen molar-refractivity contribution in [3.63, 3.8) is 0 Å². The van der Waals surface area contributed by atoms with Gasteiger partial charge in [-0.05, 0) is 32.1 Å². The Morgan fingerprint density at radius 3 is 2.25 bits per heavy atom. The maximum atomic E-state index is 14.4. The van der Waals surface area contributed by atoms with Gasteiger partial charge in [0.25, 0.3) is 11.7 Å². The van der Waals surface area contributed by atoms with Crippen LogP contribution in [0.15, 0.2) is 71.6 Å². The third-order valence-corrected chi connectivity index (χ3v) is 11.2. The molecule has 0 saturated heterocycles. The highest BCUT2D eigenvalue weighted by molar-refractivity contribution is 6.23. The number of ketones is 1. The number of nitrogens with zero attached hydrogens (tertiary/aromatic N) is 1. The van der Waals surface area contributed by atoms with E-state index in [0.717, 1.165) is 6.21 Å². The summed E-state index contributed by atoms with van der Waals surface area (Å²) in [6.45, 7) is 12.4. The highest BCUT2D eigenvalue weighted by atomic mass is 16.7. The SMILES string of the molecule is CO[C@H]1/C=C/O[C@@]2(C)Oc3c(C)c(O)c4c(O)c(c(/C=N\Nc5ccccc5)c(O)c4c3C2=O)NC(=O)/C(C)=C\C=C\[C@H](C)[C@H](O)[C@@H](C)[C@@H](O)[C@@H](C)[C@H](OC(C)=O)[C@@H]1C. The lowest BCUT2D eigenvalue weighted by atomic mass is 9.78. The number of aliphatic hydroxyl groups is 2. The third kappa shape index (κ3) is 8.77. The number of phenols is 3. The van der Waals surface area contributed by atoms with Crippen molar-refractivity contribution in [1.82, 2.24) is 0 Å². The summed E-state index contributed by atoms with van der Waals surface area (Å²) in [5.74, 6) is -8.60. The molecule has 6 rings (SSSR count). The molecule has 0 radical (unpaired) electrons. The summed E-state index contributed by atoms with van der Waals surface area (Å²) in [7, 11) is 1.43. The van der Waals surface area contributed by atoms with Gasteiger partial charge in [-0.15, -0.1) is 0 Å². The van der Waals surface area contributed by atoms with Crippen molar-refractivity contribution >= 4 is 46.0 Å². The minimum absolute atomic E-state index is 0.0359. The molecule has 15 nitrogen and oxygen atoms in total. The van der Waals surface area contributed by atoms with Gasteiger partial charge in [0.05, 0.1) is 58.7 Å². The zero-order valence-electron chi connectivity index (χ0n) is 34.5. The number of hydrazone groups is 1. The lowest BCUT2D eigenvalue weighted by Gasteiger charge is -2.38. The number of carbonyl (C=O) groups is 3. The Bertz CT molecular complexity index is 2220. The highest BCUT2D eigenvalue weighted by Gasteiger charge is 2.50. The van der Waals surface area contributed by atoms with Crippen molar-refractivity contribution in [2.45, 2.75) is 85.6 Å². The predicted octanol–water partition coefficient (Wildman–Crippen LogP) is 6.20. The molecule has 15 heteroatoms. The Balaban J connectivity index is 1.71. The number of amides is 1. The van der Waals surface area contributed by atoms with Crippen LogP contribution in [0.25, 0.3) is 10.8 Å². The van der Waals surface area contributed by atoms with Gasteiger partial charge >= 0.3 is 11.8 Å². The van der Waals surface area contributed by atoms with Crippen LogP contribution in [0.2, 0.25) is 0 Å². The number of rotatable bonds is 5. The molecule has 3 aromatic carbocycles. The number of hydrogen-bond donors (Lipinski definition) is 7. The van der Waals surface area contributed by atoms with Crippen LogP contribution in [-0.4, -0.2) is 86.7 Å². The number of nitrogens with one attached hydrogen (secondary N) is 2. The number of fused-ring (bicyclic) bond motifs is 14. The Hall–Kier alpha value is -5.90. The van der Waals surface area contributed by atoms with Gasteiger partial charge in [-0.25, -0.2) is 0 Å². The van der Waals surface area contributed by atoms with E-state index in [2.05, 4.69) is 15.8 Å². The largest absolute Gasteiger partial charge is 0.507 e. The van der Waals surface area contributed by atoms with Crippen molar-refractivity contribution in [2.24, 2.45) is 28.8 Å². The van der Waals surface area contributed by atoms with Crippen LogP contribution in [0.4, 0.5) is 11.4 Å². The molecule has 3 aliphatic rings. The number of allylic oxidation sites excluding steroid dienone is 2. The van der Waals surface area contributed by atoms with Gasteiger partial charge in [0, 0.05) is 61.2 Å². The summed E-state index contributed by atoms with van der Waals surface area (Å²) in [6, 6.07) is 8.84. The second-order valence-corrected chi connectivity index (χ2v) is 15.4. The van der Waals surface area contributed by atoms with E-state index in [-0.39, 0.29) is 44.5 Å². The van der Waals surface area contributed by atoms with E-state index in [1.807, 2.05) is 6.07 Å². The topological polar surface area (TPSA) is 226 Å². The monoisotopic (exact) mass is 815 g/mol. The first-order valence-corrected chi connectivity index (χ1v) is 19.3. The summed E-state index contributed by atoms with van der Waals surface area (Å²) >= 11 is 0. The zero-order valence-corrected chi connectivity index (χ0v) is 34.5. The molecule has 3 aliphatic heterocycles. The Morgan fingerprint density at radius 1 is 0.932 bits per heavy atom. The predicted molar refractivity (Wildman–Crippen MR) is 221 cm³/mol. The van der Waals surface area contributed by atoms with Crippen molar-refractivity contribution < 1.29 is 58.9 Å². The molecule has 0 fully saturated rings. The van der Waals surface area contributed by atoms with Crippen LogP contribution in [0.5, 0.6) is 23.0 Å². The minimum Gasteiger partial charge on any atom is -0.507 e. The highest BCUT2D eigenvalue weighted by Crippen LogP contribution is 2.55. The van der Waals surface area contributed by atoms with E-state index in [0.29, 0.717) is 5.69 Å². The zero-order chi connectivity index (χ0) is 43.5. The summed E-state index contributed by atoms with van der Waals surface area (Å²) in [4.78, 5) is 40.4. The van der Waals surface area contributed by atoms with Gasteiger partial charge in [0.15, 0.2) is 5.75 Å². The number of benzene rings is 3. The van der Waals surface area contributed by atoms with Crippen LogP contribution in [0.3, 0.4) is 0 Å². The van der Waals surface area contributed by atoms with Crippen LogP contribution < -0.4 is 15.5 Å². The fourth-order valence-electron chi connectivity index (χ4n) is 7.56. The van der Waals surface area contributed by atoms with E-state index in [9.17, 15) is 39.9 Å². The number of Topliss-reactive ketones (excluding diaryl/α,β-unsaturated/α-hetero) is 1. The molecule has 7 N–H and O–H groups in total. The molecular weight excluding hydrogens is 762 g/mol. The number of hydrogen-bond acceptors (Lipinski definition) is 14. The van der Waals surface area contributed by atoms with Crippen LogP contribution >= 0.6 is 0 Å². The van der Waals surface area contributed by atoms with Gasteiger partial charge in [-0.2, -0.15) is 5.10 Å². The minimum atomic E-state index is -2.06. The molecule has 5 bridgehead atoms. The fraction of sp³-hybridized carbons (Fsp3) is 0.409. The number of methoxy groups -OCH3 is 1. The van der Waals surface area contributed by atoms with Gasteiger partial charge in [-0.1, -0.05) is 64.1 Å². The van der Waals surface area contributed by atoms with Crippen molar-refractivity contribution in [3.05, 3.63) is 83.2 Å². The Kier molecular flexibility index (Phi) is 13.4. The molecular formula is C44H53N3O12. The molecule has 0 spiro atoms. The number of aliphatic hydroxyl groups excluding tert-OH is 2. The molecule has 0 aromatic heterocycles. The molecule has 1 amide bonds. The number of anilines is 2. The van der Waals surface area contributed by atoms with Crippen molar-refractivity contribution in [2.75, 3.05) is 17.9 Å². The second-order valence-electron chi connectivity index (χ2n) is 15.4. The first-order chi connectivity index (χ1) is 27.8. The first-order valence-electron chi connectivity index (χ1n) is 19.3. The van der Waals surface area contributed by atoms with Gasteiger partial charge in [0.1, 0.15) is 23.4 Å². The first kappa shape index (κ1) is 44.2. The summed E-state index contributed by atoms with van der Waals surface area (Å²) in [6.07, 6.45) is 4.61. The lowest BCUT2D eigenvalue weighted by molar-refractivity contribution is -0.160. The number of phenolic OH excluding ortho intramolecular Hbond substituents is 3. The van der Waals surface area contributed by atoms with E-state index < -0.39 is 88.8 Å². The third-order valence-electron chi connectivity index (χ3n) is 11.2. The maximum absolute atomic E-state index is 14.4. The van der Waals surface area contributed by atoms with Gasteiger partial charge in [-0.3, -0.25) is 19.8 Å². The second kappa shape index (κ2) is 17.9. The number of para-hydroxylation sites is 1. The van der Waals surface area contributed by atoms with E-state index in [4.69, 9.17) is 18.9 Å². The van der Waals surface area contributed by atoms with Gasteiger partial charge in [0.2, 0.25) is 0 Å². The molecule has 0 unspecified atom stereocenters. The summed E-state index contributed by atoms with van der Waals surface area (Å²) < 4.78 is 23.5. The van der Waals surface area contributed by atoms with Crippen molar-refractivity contribution in [1.29, 1.82) is 0 Å². The maximum Gasteiger partial charge on any atom is 0.312 e. The average molecular weight is 816 g/mol. The van der Waals surface area contributed by atoms with Gasteiger partial charge < -0.3 is 49.8 Å². The van der Waals surface area contributed by atoms with E-state index in [1.165, 1.54) is 53.2 Å². The molecule has 316 valence electrons. The van der Waals surface area contributed by atoms with Crippen LogP contribution in [0, 0.1) is 30.6 Å². The Morgan fingerprint density at radius 2 is 1.61 bits per heavy atom. The molecule has 3 aromatic rings. The van der Waals surface area contributed by atoms with Crippen LogP contribution in [0.1, 0.15) is 70.0 Å². The summed E-state index contributed by atoms with van der Waals surface area (Å²) in [5.41, 5.74) is 2.84. The normalized spacial score (nSPS) is 30.0.